The largest absolute Gasteiger partial charge is 0.392 e. The first-order valence-electron chi connectivity index (χ1n) is 6.07. The fraction of sp³-hybridized carbons (Fsp3) is 0.538. The minimum absolute atomic E-state index is 0.196. The molecule has 0 saturated carbocycles. The Kier molecular flexibility index (Phi) is 5.17. The van der Waals surface area contributed by atoms with Gasteiger partial charge in [-0.2, -0.15) is 0 Å². The highest BCUT2D eigenvalue weighted by molar-refractivity contribution is 9.10. The van der Waals surface area contributed by atoms with Crippen LogP contribution in [0.5, 0.6) is 0 Å². The highest BCUT2D eigenvalue weighted by Crippen LogP contribution is 2.27. The van der Waals surface area contributed by atoms with E-state index in [9.17, 15) is 13.5 Å². The second-order valence-corrected chi connectivity index (χ2v) is 7.71. The van der Waals surface area contributed by atoms with E-state index in [1.807, 2.05) is 20.8 Å². The molecule has 2 N–H and O–H groups in total. The number of benzene rings is 1. The summed E-state index contributed by atoms with van der Waals surface area (Å²) in [4.78, 5) is 0.201. The molecular weight excluding hydrogens is 330 g/mol. The van der Waals surface area contributed by atoms with Crippen molar-refractivity contribution in [3.8, 4) is 0 Å². The van der Waals surface area contributed by atoms with Crippen molar-refractivity contribution in [2.75, 3.05) is 0 Å². The third-order valence-electron chi connectivity index (χ3n) is 3.12. The normalized spacial score (nSPS) is 12.7. The van der Waals surface area contributed by atoms with Crippen LogP contribution in [0.3, 0.4) is 0 Å². The smallest absolute Gasteiger partial charge is 0.241 e. The fourth-order valence-corrected chi connectivity index (χ4v) is 4.01. The molecule has 0 aliphatic carbocycles. The second-order valence-electron chi connectivity index (χ2n) is 5.20. The van der Waals surface area contributed by atoms with Crippen LogP contribution in [0.25, 0.3) is 0 Å². The van der Waals surface area contributed by atoms with Crippen molar-refractivity contribution in [2.45, 2.75) is 51.2 Å². The Morgan fingerprint density at radius 1 is 1.37 bits per heavy atom. The standard InChI is InChI=1S/C13H20BrNO3S/c1-5-13(3,4)15-19(17,18)12-7-10(8-16)6-11(14)9(12)2/h6-7,15-16H,5,8H2,1-4H3. The van der Waals surface area contributed by atoms with E-state index in [-0.39, 0.29) is 11.5 Å². The zero-order valence-electron chi connectivity index (χ0n) is 11.6. The van der Waals surface area contributed by atoms with Crippen LogP contribution in [0.2, 0.25) is 0 Å². The van der Waals surface area contributed by atoms with Crippen LogP contribution in [0.4, 0.5) is 0 Å². The molecule has 1 aromatic rings. The average Bonchev–Trinajstić information content (AvgIpc) is 2.31. The Balaban J connectivity index is 3.33. The lowest BCUT2D eigenvalue weighted by Gasteiger charge is -2.25. The number of nitrogens with one attached hydrogen (secondary N) is 1. The molecule has 6 heteroatoms. The lowest BCUT2D eigenvalue weighted by atomic mass is 10.0. The lowest BCUT2D eigenvalue weighted by molar-refractivity contribution is 0.281. The van der Waals surface area contributed by atoms with Crippen molar-refractivity contribution in [2.24, 2.45) is 0 Å². The molecule has 0 aromatic heterocycles. The van der Waals surface area contributed by atoms with Crippen LogP contribution in [0, 0.1) is 6.92 Å². The molecule has 0 saturated heterocycles. The number of rotatable bonds is 5. The van der Waals surface area contributed by atoms with Gasteiger partial charge < -0.3 is 5.11 Å². The van der Waals surface area contributed by atoms with E-state index >= 15 is 0 Å². The van der Waals surface area contributed by atoms with Crippen molar-refractivity contribution >= 4 is 26.0 Å². The molecule has 0 radical (unpaired) electrons. The summed E-state index contributed by atoms with van der Waals surface area (Å²) < 4.78 is 28.2. The molecular formula is C13H20BrNO3S. The van der Waals surface area contributed by atoms with E-state index < -0.39 is 15.6 Å². The summed E-state index contributed by atoms with van der Waals surface area (Å²) in [5, 5.41) is 9.19. The number of sulfonamides is 1. The second kappa shape index (κ2) is 5.91. The van der Waals surface area contributed by atoms with Crippen molar-refractivity contribution in [1.82, 2.24) is 4.72 Å². The summed E-state index contributed by atoms with van der Waals surface area (Å²) >= 11 is 3.32. The Morgan fingerprint density at radius 3 is 2.42 bits per heavy atom. The predicted octanol–water partition coefficient (Wildman–Crippen LogP) is 2.72. The monoisotopic (exact) mass is 349 g/mol. The molecule has 0 spiro atoms. The van der Waals surface area contributed by atoms with Gasteiger partial charge in [-0.1, -0.05) is 22.9 Å². The highest BCUT2D eigenvalue weighted by atomic mass is 79.9. The Labute approximate surface area is 123 Å². The van der Waals surface area contributed by atoms with Crippen LogP contribution < -0.4 is 4.72 Å². The van der Waals surface area contributed by atoms with E-state index in [0.29, 0.717) is 22.0 Å². The van der Waals surface area contributed by atoms with Crippen LogP contribution in [-0.2, 0) is 16.6 Å². The van der Waals surface area contributed by atoms with E-state index in [0.717, 1.165) is 0 Å². The molecule has 0 heterocycles. The van der Waals surface area contributed by atoms with Gasteiger partial charge in [0.2, 0.25) is 10.0 Å². The third-order valence-corrected chi connectivity index (χ3v) is 5.77. The molecule has 1 aromatic carbocycles. The van der Waals surface area contributed by atoms with Gasteiger partial charge in [0.15, 0.2) is 0 Å². The average molecular weight is 350 g/mol. The van der Waals surface area contributed by atoms with Gasteiger partial charge in [-0.3, -0.25) is 0 Å². The molecule has 0 bridgehead atoms. The number of hydrogen-bond donors (Lipinski definition) is 2. The molecule has 0 amide bonds. The van der Waals surface area contributed by atoms with Gasteiger partial charge in [-0.25, -0.2) is 13.1 Å². The molecule has 19 heavy (non-hydrogen) atoms. The number of hydrogen-bond acceptors (Lipinski definition) is 3. The van der Waals surface area contributed by atoms with E-state index in [4.69, 9.17) is 0 Å². The Morgan fingerprint density at radius 2 is 1.95 bits per heavy atom. The SMILES string of the molecule is CCC(C)(C)NS(=O)(=O)c1cc(CO)cc(Br)c1C. The van der Waals surface area contributed by atoms with E-state index in [1.54, 1.807) is 13.0 Å². The highest BCUT2D eigenvalue weighted by Gasteiger charge is 2.26. The van der Waals surface area contributed by atoms with Gasteiger partial charge in [0.05, 0.1) is 11.5 Å². The molecule has 0 unspecified atom stereocenters. The van der Waals surface area contributed by atoms with E-state index in [1.165, 1.54) is 6.07 Å². The Hall–Kier alpha value is -0.430. The van der Waals surface area contributed by atoms with Crippen molar-refractivity contribution in [3.63, 3.8) is 0 Å². The number of aliphatic hydroxyl groups excluding tert-OH is 1. The van der Waals surface area contributed by atoms with Crippen molar-refractivity contribution in [3.05, 3.63) is 27.7 Å². The van der Waals surface area contributed by atoms with Gasteiger partial charge >= 0.3 is 0 Å². The van der Waals surface area contributed by atoms with Gasteiger partial charge in [0.1, 0.15) is 0 Å². The summed E-state index contributed by atoms with van der Waals surface area (Å²) in [5.74, 6) is 0. The maximum atomic E-state index is 12.4. The first-order chi connectivity index (χ1) is 8.63. The Bertz CT molecular complexity index is 567. The minimum Gasteiger partial charge on any atom is -0.392 e. The fourth-order valence-electron chi connectivity index (χ4n) is 1.57. The zero-order chi connectivity index (χ0) is 14.8. The van der Waals surface area contributed by atoms with E-state index in [2.05, 4.69) is 20.7 Å². The first kappa shape index (κ1) is 16.6. The third kappa shape index (κ3) is 4.02. The van der Waals surface area contributed by atoms with Gasteiger partial charge in [-0.05, 0) is 50.5 Å². The molecule has 1 rings (SSSR count). The zero-order valence-corrected chi connectivity index (χ0v) is 14.0. The molecule has 0 fully saturated rings. The van der Waals surface area contributed by atoms with Gasteiger partial charge in [0, 0.05) is 10.0 Å². The summed E-state index contributed by atoms with van der Waals surface area (Å²) in [5.41, 5.74) is 0.691. The topological polar surface area (TPSA) is 66.4 Å². The maximum absolute atomic E-state index is 12.4. The van der Waals surface area contributed by atoms with Crippen LogP contribution in [0.15, 0.2) is 21.5 Å². The number of aliphatic hydroxyl groups is 1. The van der Waals surface area contributed by atoms with Crippen LogP contribution >= 0.6 is 15.9 Å². The van der Waals surface area contributed by atoms with Crippen molar-refractivity contribution < 1.29 is 13.5 Å². The summed E-state index contributed by atoms with van der Waals surface area (Å²) in [6.07, 6.45) is 0.687. The minimum atomic E-state index is -3.61. The summed E-state index contributed by atoms with van der Waals surface area (Å²) in [6, 6.07) is 3.23. The number of halogens is 1. The van der Waals surface area contributed by atoms with Gasteiger partial charge in [-0.15, -0.1) is 0 Å². The van der Waals surface area contributed by atoms with Crippen LogP contribution in [-0.4, -0.2) is 19.1 Å². The quantitative estimate of drug-likeness (QED) is 0.858. The molecule has 0 aliphatic rings. The summed E-state index contributed by atoms with van der Waals surface area (Å²) in [6.45, 7) is 7.14. The van der Waals surface area contributed by atoms with Crippen molar-refractivity contribution in [1.29, 1.82) is 0 Å². The molecule has 108 valence electrons. The molecule has 0 aliphatic heterocycles. The van der Waals surface area contributed by atoms with Crippen LogP contribution in [0.1, 0.15) is 38.3 Å². The predicted molar refractivity (Wildman–Crippen MR) is 79.5 cm³/mol. The maximum Gasteiger partial charge on any atom is 0.241 e. The molecule has 4 nitrogen and oxygen atoms in total. The summed E-state index contributed by atoms with van der Waals surface area (Å²) in [7, 11) is -3.61. The van der Waals surface area contributed by atoms with Gasteiger partial charge in [0.25, 0.3) is 0 Å². The lowest BCUT2D eigenvalue weighted by Crippen LogP contribution is -2.42. The first-order valence-corrected chi connectivity index (χ1v) is 8.34. The molecule has 0 atom stereocenters.